The lowest BCUT2D eigenvalue weighted by atomic mass is 9.80. The van der Waals surface area contributed by atoms with Crippen molar-refractivity contribution >= 4 is 0 Å². The number of nitrogens with two attached hydrogens (primary N) is 1. The van der Waals surface area contributed by atoms with E-state index < -0.39 is 0 Å². The molecular formula is C17H27NO2. The second-order valence-corrected chi connectivity index (χ2v) is 6.14. The molecule has 1 aliphatic heterocycles. The molecule has 5 atom stereocenters. The summed E-state index contributed by atoms with van der Waals surface area (Å²) in [7, 11) is 1.72. The van der Waals surface area contributed by atoms with Crippen LogP contribution in [-0.2, 0) is 4.74 Å². The smallest absolute Gasteiger partial charge is 0.126 e. The summed E-state index contributed by atoms with van der Waals surface area (Å²) in [6.45, 7) is 10.7. The van der Waals surface area contributed by atoms with Crippen molar-refractivity contribution in [2.45, 2.75) is 52.9 Å². The molecule has 20 heavy (non-hydrogen) atoms. The van der Waals surface area contributed by atoms with Crippen LogP contribution in [0.15, 0.2) is 12.1 Å². The van der Waals surface area contributed by atoms with Gasteiger partial charge in [-0.2, -0.15) is 0 Å². The third-order valence-corrected chi connectivity index (χ3v) is 5.00. The van der Waals surface area contributed by atoms with Gasteiger partial charge in [0.2, 0.25) is 0 Å². The van der Waals surface area contributed by atoms with Gasteiger partial charge in [0.1, 0.15) is 5.75 Å². The summed E-state index contributed by atoms with van der Waals surface area (Å²) in [4.78, 5) is 0. The average molecular weight is 277 g/mol. The van der Waals surface area contributed by atoms with Crippen molar-refractivity contribution in [3.63, 3.8) is 0 Å². The highest BCUT2D eigenvalue weighted by atomic mass is 16.5. The zero-order chi connectivity index (χ0) is 15.0. The van der Waals surface area contributed by atoms with Gasteiger partial charge in [0.25, 0.3) is 0 Å². The quantitative estimate of drug-likeness (QED) is 0.921. The van der Waals surface area contributed by atoms with Gasteiger partial charge in [0, 0.05) is 17.5 Å². The highest BCUT2D eigenvalue weighted by Crippen LogP contribution is 2.42. The molecule has 0 radical (unpaired) electrons. The predicted molar refractivity (Wildman–Crippen MR) is 82.1 cm³/mol. The lowest BCUT2D eigenvalue weighted by Crippen LogP contribution is -2.31. The fourth-order valence-corrected chi connectivity index (χ4v) is 3.46. The molecule has 5 unspecified atom stereocenters. The summed E-state index contributed by atoms with van der Waals surface area (Å²) in [5.74, 6) is 1.70. The van der Waals surface area contributed by atoms with Gasteiger partial charge < -0.3 is 15.2 Å². The van der Waals surface area contributed by atoms with Crippen molar-refractivity contribution in [3.05, 3.63) is 28.8 Å². The normalized spacial score (nSPS) is 31.4. The lowest BCUT2D eigenvalue weighted by molar-refractivity contribution is 0.0489. The predicted octanol–water partition coefficient (Wildman–Crippen LogP) is 3.37. The minimum absolute atomic E-state index is 0.0563. The molecule has 3 heteroatoms. The molecule has 0 aromatic heterocycles. The van der Waals surface area contributed by atoms with Gasteiger partial charge in [-0.25, -0.2) is 0 Å². The Hall–Kier alpha value is -1.06. The van der Waals surface area contributed by atoms with Crippen LogP contribution in [0.5, 0.6) is 5.75 Å². The zero-order valence-electron chi connectivity index (χ0n) is 13.4. The number of aryl methyl sites for hydroxylation is 1. The maximum Gasteiger partial charge on any atom is 0.126 e. The van der Waals surface area contributed by atoms with Crippen molar-refractivity contribution in [1.82, 2.24) is 0 Å². The molecule has 0 bridgehead atoms. The van der Waals surface area contributed by atoms with E-state index >= 15 is 0 Å². The van der Waals surface area contributed by atoms with Gasteiger partial charge in [-0.3, -0.25) is 0 Å². The van der Waals surface area contributed by atoms with Gasteiger partial charge >= 0.3 is 0 Å². The first-order valence-corrected chi connectivity index (χ1v) is 7.43. The van der Waals surface area contributed by atoms with Crippen LogP contribution < -0.4 is 10.5 Å². The summed E-state index contributed by atoms with van der Waals surface area (Å²) in [5.41, 5.74) is 10.1. The summed E-state index contributed by atoms with van der Waals surface area (Å²) < 4.78 is 11.5. The molecule has 0 saturated carbocycles. The molecule has 0 amide bonds. The van der Waals surface area contributed by atoms with E-state index in [0.29, 0.717) is 11.8 Å². The first kappa shape index (κ1) is 15.3. The molecule has 3 nitrogen and oxygen atoms in total. The molecule has 1 aromatic carbocycles. The average Bonchev–Trinajstić information content (AvgIpc) is 2.65. The SMILES string of the molecule is COc1c(C(N)C2C(C)OC(C)C2C)ccc(C)c1C. The van der Waals surface area contributed by atoms with Crippen molar-refractivity contribution in [2.75, 3.05) is 7.11 Å². The Bertz CT molecular complexity index is 486. The Morgan fingerprint density at radius 3 is 2.30 bits per heavy atom. The Labute approximate surface area is 122 Å². The Kier molecular flexibility index (Phi) is 4.40. The lowest BCUT2D eigenvalue weighted by Gasteiger charge is -2.28. The van der Waals surface area contributed by atoms with E-state index in [0.717, 1.165) is 11.3 Å². The van der Waals surface area contributed by atoms with E-state index in [1.807, 2.05) is 0 Å². The van der Waals surface area contributed by atoms with Gasteiger partial charge in [-0.1, -0.05) is 19.1 Å². The zero-order valence-corrected chi connectivity index (χ0v) is 13.4. The minimum Gasteiger partial charge on any atom is -0.496 e. The van der Waals surface area contributed by atoms with E-state index in [-0.39, 0.29) is 18.2 Å². The second kappa shape index (κ2) is 5.74. The summed E-state index contributed by atoms with van der Waals surface area (Å²) in [6, 6.07) is 4.18. The first-order valence-electron chi connectivity index (χ1n) is 7.43. The third kappa shape index (κ3) is 2.45. The molecule has 1 aliphatic rings. The summed E-state index contributed by atoms with van der Waals surface area (Å²) >= 11 is 0. The van der Waals surface area contributed by atoms with Crippen molar-refractivity contribution in [3.8, 4) is 5.75 Å². The molecule has 1 aromatic rings. The molecule has 112 valence electrons. The number of ether oxygens (including phenoxy) is 2. The fraction of sp³-hybridized carbons (Fsp3) is 0.647. The number of hydrogen-bond acceptors (Lipinski definition) is 3. The van der Waals surface area contributed by atoms with Crippen molar-refractivity contribution in [2.24, 2.45) is 17.6 Å². The standard InChI is InChI=1S/C17H27NO2/c1-9-7-8-14(17(19-6)10(9)2)16(18)15-11(3)12(4)20-13(15)5/h7-8,11-13,15-16H,18H2,1-6H3. The Balaban J connectivity index is 2.39. The molecule has 1 heterocycles. The third-order valence-electron chi connectivity index (χ3n) is 5.00. The highest BCUT2D eigenvalue weighted by Gasteiger charge is 2.41. The van der Waals surface area contributed by atoms with Crippen molar-refractivity contribution < 1.29 is 9.47 Å². The number of methoxy groups -OCH3 is 1. The Morgan fingerprint density at radius 1 is 1.15 bits per heavy atom. The van der Waals surface area contributed by atoms with Gasteiger partial charge in [-0.05, 0) is 44.7 Å². The number of rotatable bonds is 3. The van der Waals surface area contributed by atoms with Crippen molar-refractivity contribution in [1.29, 1.82) is 0 Å². The second-order valence-electron chi connectivity index (χ2n) is 6.14. The van der Waals surface area contributed by atoms with Crippen LogP contribution in [-0.4, -0.2) is 19.3 Å². The molecule has 1 saturated heterocycles. The first-order chi connectivity index (χ1) is 9.38. The molecule has 0 aliphatic carbocycles. The van der Waals surface area contributed by atoms with Gasteiger partial charge in [0.05, 0.1) is 19.3 Å². The fourth-order valence-electron chi connectivity index (χ4n) is 3.46. The minimum atomic E-state index is -0.0563. The molecular weight excluding hydrogens is 250 g/mol. The van der Waals surface area contributed by atoms with Gasteiger partial charge in [-0.15, -0.1) is 0 Å². The molecule has 0 spiro atoms. The van der Waals surface area contributed by atoms with Crippen LogP contribution in [0.25, 0.3) is 0 Å². The largest absolute Gasteiger partial charge is 0.496 e. The highest BCUT2D eigenvalue weighted by molar-refractivity contribution is 5.47. The molecule has 2 N–H and O–H groups in total. The maximum absolute atomic E-state index is 6.58. The van der Waals surface area contributed by atoms with Crippen LogP contribution in [0.4, 0.5) is 0 Å². The maximum atomic E-state index is 6.58. The van der Waals surface area contributed by atoms with E-state index in [4.69, 9.17) is 15.2 Å². The number of benzene rings is 1. The van der Waals surface area contributed by atoms with Crippen LogP contribution in [0.2, 0.25) is 0 Å². The number of hydrogen-bond donors (Lipinski definition) is 1. The van der Waals surface area contributed by atoms with Crippen LogP contribution in [0, 0.1) is 25.7 Å². The monoisotopic (exact) mass is 277 g/mol. The van der Waals surface area contributed by atoms with Crippen LogP contribution in [0.3, 0.4) is 0 Å². The van der Waals surface area contributed by atoms with E-state index in [1.54, 1.807) is 7.11 Å². The van der Waals surface area contributed by atoms with E-state index in [9.17, 15) is 0 Å². The Morgan fingerprint density at radius 2 is 1.80 bits per heavy atom. The van der Waals surface area contributed by atoms with Gasteiger partial charge in [0.15, 0.2) is 0 Å². The van der Waals surface area contributed by atoms with Crippen LogP contribution in [0.1, 0.15) is 43.5 Å². The molecule has 2 rings (SSSR count). The van der Waals surface area contributed by atoms with E-state index in [1.165, 1.54) is 11.1 Å². The molecule has 1 fully saturated rings. The summed E-state index contributed by atoms with van der Waals surface area (Å²) in [5, 5.41) is 0. The topological polar surface area (TPSA) is 44.5 Å². The summed E-state index contributed by atoms with van der Waals surface area (Å²) in [6.07, 6.45) is 0.444. The van der Waals surface area contributed by atoms with Crippen LogP contribution >= 0.6 is 0 Å². The van der Waals surface area contributed by atoms with E-state index in [2.05, 4.69) is 46.8 Å².